The van der Waals surface area contributed by atoms with Gasteiger partial charge in [-0.25, -0.2) is 13.5 Å². The summed E-state index contributed by atoms with van der Waals surface area (Å²) in [5, 5.41) is 7.28. The standard InChI is InChI=1S/C10H16F2N4O2/c1-3-6(5-18-2)16-9(10(11)12)7(14-15-16)4-8(13)17/h6,10H,3-5H2,1-2H3,(H2,13,17). The van der Waals surface area contributed by atoms with Gasteiger partial charge in [-0.05, 0) is 6.42 Å². The molecule has 1 atom stereocenters. The molecule has 8 heteroatoms. The Labute approximate surface area is 103 Å². The van der Waals surface area contributed by atoms with Crippen LogP contribution < -0.4 is 5.73 Å². The van der Waals surface area contributed by atoms with Crippen molar-refractivity contribution in [1.29, 1.82) is 0 Å². The summed E-state index contributed by atoms with van der Waals surface area (Å²) < 4.78 is 32.1. The molecule has 18 heavy (non-hydrogen) atoms. The monoisotopic (exact) mass is 262 g/mol. The summed E-state index contributed by atoms with van der Waals surface area (Å²) in [7, 11) is 1.48. The average Bonchev–Trinajstić information content (AvgIpc) is 2.68. The fourth-order valence-electron chi connectivity index (χ4n) is 1.67. The maximum Gasteiger partial charge on any atom is 0.281 e. The lowest BCUT2D eigenvalue weighted by atomic mass is 10.2. The van der Waals surface area contributed by atoms with E-state index in [0.29, 0.717) is 6.42 Å². The van der Waals surface area contributed by atoms with Gasteiger partial charge >= 0.3 is 0 Å². The fourth-order valence-corrected chi connectivity index (χ4v) is 1.67. The normalized spacial score (nSPS) is 12.9. The molecule has 1 aromatic rings. The van der Waals surface area contributed by atoms with E-state index in [1.54, 1.807) is 0 Å². The molecule has 0 aliphatic heterocycles. The molecule has 0 radical (unpaired) electrons. The van der Waals surface area contributed by atoms with Gasteiger partial charge in [-0.1, -0.05) is 12.1 Å². The molecule has 0 fully saturated rings. The van der Waals surface area contributed by atoms with Gasteiger partial charge in [0.2, 0.25) is 5.91 Å². The number of rotatable bonds is 7. The Morgan fingerprint density at radius 2 is 2.22 bits per heavy atom. The Morgan fingerprint density at radius 3 is 2.67 bits per heavy atom. The van der Waals surface area contributed by atoms with Crippen LogP contribution in [0.4, 0.5) is 8.78 Å². The zero-order chi connectivity index (χ0) is 13.7. The topological polar surface area (TPSA) is 83.0 Å². The number of nitrogens with zero attached hydrogens (tertiary/aromatic N) is 3. The highest BCUT2D eigenvalue weighted by Gasteiger charge is 2.26. The number of methoxy groups -OCH3 is 1. The van der Waals surface area contributed by atoms with E-state index in [1.165, 1.54) is 7.11 Å². The molecule has 0 aliphatic rings. The molecule has 1 amide bonds. The van der Waals surface area contributed by atoms with Gasteiger partial charge in [0.15, 0.2) is 0 Å². The molecule has 1 heterocycles. The molecule has 0 spiro atoms. The predicted octanol–water partition coefficient (Wildman–Crippen LogP) is 0.841. The minimum atomic E-state index is -2.76. The van der Waals surface area contributed by atoms with Crippen LogP contribution in [0.3, 0.4) is 0 Å². The van der Waals surface area contributed by atoms with Crippen molar-refractivity contribution in [2.24, 2.45) is 5.73 Å². The second-order valence-corrected chi connectivity index (χ2v) is 3.83. The van der Waals surface area contributed by atoms with Crippen LogP contribution in [0.15, 0.2) is 0 Å². The number of primary amides is 1. The summed E-state index contributed by atoms with van der Waals surface area (Å²) in [5.41, 5.74) is 4.54. The Bertz CT molecular complexity index is 409. The third-order valence-corrected chi connectivity index (χ3v) is 2.53. The Kier molecular flexibility index (Phi) is 5.14. The van der Waals surface area contributed by atoms with Crippen molar-refractivity contribution in [2.75, 3.05) is 13.7 Å². The van der Waals surface area contributed by atoms with Crippen LogP contribution >= 0.6 is 0 Å². The summed E-state index contributed by atoms with van der Waals surface area (Å²) in [6.45, 7) is 2.07. The van der Waals surface area contributed by atoms with Crippen molar-refractivity contribution >= 4 is 5.91 Å². The van der Waals surface area contributed by atoms with Crippen LogP contribution in [0.1, 0.15) is 37.2 Å². The zero-order valence-electron chi connectivity index (χ0n) is 10.3. The molecule has 1 unspecified atom stereocenters. The Balaban J connectivity index is 3.11. The first-order valence-corrected chi connectivity index (χ1v) is 5.50. The smallest absolute Gasteiger partial charge is 0.281 e. The van der Waals surface area contributed by atoms with Gasteiger partial charge in [-0.15, -0.1) is 5.10 Å². The molecule has 2 N–H and O–H groups in total. The van der Waals surface area contributed by atoms with E-state index in [-0.39, 0.29) is 30.5 Å². The van der Waals surface area contributed by atoms with Gasteiger partial charge in [-0.3, -0.25) is 4.79 Å². The van der Waals surface area contributed by atoms with Crippen LogP contribution in [0, 0.1) is 0 Å². The van der Waals surface area contributed by atoms with Crippen molar-refractivity contribution in [3.63, 3.8) is 0 Å². The molecule has 1 aromatic heterocycles. The van der Waals surface area contributed by atoms with Crippen LogP contribution in [0.2, 0.25) is 0 Å². The average molecular weight is 262 g/mol. The van der Waals surface area contributed by atoms with Crippen molar-refractivity contribution in [3.8, 4) is 0 Å². The van der Waals surface area contributed by atoms with Crippen LogP contribution in [0.5, 0.6) is 0 Å². The number of nitrogens with two attached hydrogens (primary N) is 1. The highest BCUT2D eigenvalue weighted by atomic mass is 19.3. The molecular formula is C10H16F2N4O2. The summed E-state index contributed by atoms with van der Waals surface area (Å²) in [6.07, 6.45) is -2.55. The van der Waals surface area contributed by atoms with Gasteiger partial charge in [0.25, 0.3) is 6.43 Å². The lowest BCUT2D eigenvalue weighted by Gasteiger charge is -2.16. The number of carbonyl (C=O) groups excluding carboxylic acids is 1. The zero-order valence-corrected chi connectivity index (χ0v) is 10.3. The van der Waals surface area contributed by atoms with Crippen LogP contribution in [-0.2, 0) is 16.0 Å². The maximum absolute atomic E-state index is 13.0. The first-order chi connectivity index (χ1) is 8.51. The molecule has 0 saturated carbocycles. The molecule has 6 nitrogen and oxygen atoms in total. The first-order valence-electron chi connectivity index (χ1n) is 5.50. The highest BCUT2D eigenvalue weighted by Crippen LogP contribution is 2.25. The van der Waals surface area contributed by atoms with E-state index in [0.717, 1.165) is 4.68 Å². The quantitative estimate of drug-likeness (QED) is 0.789. The Hall–Kier alpha value is -1.57. The largest absolute Gasteiger partial charge is 0.382 e. The number of alkyl halides is 2. The van der Waals surface area contributed by atoms with Crippen molar-refractivity contribution in [3.05, 3.63) is 11.4 Å². The molecule has 0 aromatic carbocycles. The van der Waals surface area contributed by atoms with Gasteiger partial charge in [0.1, 0.15) is 11.4 Å². The van der Waals surface area contributed by atoms with E-state index in [4.69, 9.17) is 10.5 Å². The van der Waals surface area contributed by atoms with Crippen LogP contribution in [0.25, 0.3) is 0 Å². The molecule has 0 saturated heterocycles. The second-order valence-electron chi connectivity index (χ2n) is 3.83. The molecular weight excluding hydrogens is 246 g/mol. The lowest BCUT2D eigenvalue weighted by molar-refractivity contribution is -0.117. The van der Waals surface area contributed by atoms with E-state index in [2.05, 4.69) is 10.3 Å². The number of amides is 1. The van der Waals surface area contributed by atoms with Crippen LogP contribution in [-0.4, -0.2) is 34.6 Å². The Morgan fingerprint density at radius 1 is 1.56 bits per heavy atom. The van der Waals surface area contributed by atoms with E-state index >= 15 is 0 Å². The molecule has 0 aliphatic carbocycles. The van der Waals surface area contributed by atoms with Gasteiger partial charge in [0, 0.05) is 7.11 Å². The molecule has 102 valence electrons. The SMILES string of the molecule is CCC(COC)n1nnc(CC(N)=O)c1C(F)F. The number of halogens is 2. The van der Waals surface area contributed by atoms with E-state index < -0.39 is 12.3 Å². The van der Waals surface area contributed by atoms with E-state index in [1.807, 2.05) is 6.92 Å². The summed E-state index contributed by atoms with van der Waals surface area (Å²) in [5.74, 6) is -0.719. The maximum atomic E-state index is 13.0. The van der Waals surface area contributed by atoms with Gasteiger partial charge in [0.05, 0.1) is 19.1 Å². The lowest BCUT2D eigenvalue weighted by Crippen LogP contribution is -2.19. The molecule has 0 bridgehead atoms. The number of aromatic nitrogens is 3. The van der Waals surface area contributed by atoms with Crippen molar-refractivity contribution < 1.29 is 18.3 Å². The number of carbonyl (C=O) groups is 1. The third-order valence-electron chi connectivity index (χ3n) is 2.53. The number of hydrogen-bond acceptors (Lipinski definition) is 4. The number of hydrogen-bond donors (Lipinski definition) is 1. The fraction of sp³-hybridized carbons (Fsp3) is 0.700. The molecule has 1 rings (SSSR count). The van der Waals surface area contributed by atoms with Gasteiger partial charge < -0.3 is 10.5 Å². The third kappa shape index (κ3) is 3.22. The van der Waals surface area contributed by atoms with E-state index in [9.17, 15) is 13.6 Å². The summed E-state index contributed by atoms with van der Waals surface area (Å²) in [6, 6.07) is -0.340. The second kappa shape index (κ2) is 6.39. The van der Waals surface area contributed by atoms with Crippen molar-refractivity contribution in [2.45, 2.75) is 32.2 Å². The predicted molar refractivity (Wildman–Crippen MR) is 59.1 cm³/mol. The minimum Gasteiger partial charge on any atom is -0.382 e. The first kappa shape index (κ1) is 14.5. The minimum absolute atomic E-state index is 0.0768. The summed E-state index contributed by atoms with van der Waals surface area (Å²) >= 11 is 0. The number of ether oxygens (including phenoxy) is 1. The summed E-state index contributed by atoms with van der Waals surface area (Å²) in [4.78, 5) is 10.8. The highest BCUT2D eigenvalue weighted by molar-refractivity contribution is 5.76. The van der Waals surface area contributed by atoms with Gasteiger partial charge in [-0.2, -0.15) is 0 Å². The van der Waals surface area contributed by atoms with Crippen molar-refractivity contribution in [1.82, 2.24) is 15.0 Å².